The molecule has 0 spiro atoms. The van der Waals surface area contributed by atoms with Gasteiger partial charge in [0.25, 0.3) is 5.12 Å². The van der Waals surface area contributed by atoms with Crippen molar-refractivity contribution in [3.05, 3.63) is 35.4 Å². The summed E-state index contributed by atoms with van der Waals surface area (Å²) in [7, 11) is 0. The second-order valence-corrected chi connectivity index (χ2v) is 3.94. The molecular formula is C10H7NO2S. The maximum absolute atomic E-state index is 10.9. The second kappa shape index (κ2) is 3.38. The minimum Gasteiger partial charge on any atom is -0.275 e. The first kappa shape index (κ1) is 9.15. The highest BCUT2D eigenvalue weighted by molar-refractivity contribution is 8.28. The molecule has 0 radical (unpaired) electrons. The van der Waals surface area contributed by atoms with Crippen molar-refractivity contribution in [2.45, 2.75) is 6.92 Å². The molecule has 0 N–H and O–H groups in total. The van der Waals surface area contributed by atoms with Crippen molar-refractivity contribution in [1.82, 2.24) is 0 Å². The van der Waals surface area contributed by atoms with E-state index >= 15 is 0 Å². The largest absolute Gasteiger partial charge is 0.325 e. The maximum atomic E-state index is 10.9. The molecule has 0 unspecified atom stereocenters. The van der Waals surface area contributed by atoms with Crippen LogP contribution < -0.4 is 0 Å². The summed E-state index contributed by atoms with van der Waals surface area (Å²) in [6.07, 6.45) is 0. The number of nitrogens with zero attached hydrogens (tertiary/aromatic N) is 1. The number of thioether (sulfide) groups is 1. The monoisotopic (exact) mass is 205 g/mol. The van der Waals surface area contributed by atoms with Crippen LogP contribution in [0.2, 0.25) is 0 Å². The third-order valence-corrected chi connectivity index (χ3v) is 2.71. The highest BCUT2D eigenvalue weighted by atomic mass is 32.2. The molecule has 3 nitrogen and oxygen atoms in total. The Labute approximate surface area is 85.2 Å². The first-order valence-corrected chi connectivity index (χ1v) is 4.90. The van der Waals surface area contributed by atoms with Crippen molar-refractivity contribution in [3.8, 4) is 0 Å². The predicted octanol–water partition coefficient (Wildman–Crippen LogP) is 1.54. The molecule has 1 amide bonds. The Morgan fingerprint density at radius 1 is 1.29 bits per heavy atom. The van der Waals surface area contributed by atoms with E-state index in [9.17, 15) is 9.59 Å². The van der Waals surface area contributed by atoms with Gasteiger partial charge in [0, 0.05) is 5.56 Å². The van der Waals surface area contributed by atoms with E-state index in [4.69, 9.17) is 0 Å². The third kappa shape index (κ3) is 1.61. The molecule has 0 aliphatic carbocycles. The number of aliphatic imine (C=N–C) groups is 1. The third-order valence-electron chi connectivity index (χ3n) is 1.83. The van der Waals surface area contributed by atoms with Gasteiger partial charge < -0.3 is 0 Å². The van der Waals surface area contributed by atoms with E-state index in [1.54, 1.807) is 0 Å². The fourth-order valence-electron chi connectivity index (χ4n) is 1.19. The van der Waals surface area contributed by atoms with Crippen molar-refractivity contribution in [3.63, 3.8) is 0 Å². The van der Waals surface area contributed by atoms with Gasteiger partial charge in [-0.15, -0.1) is 0 Å². The van der Waals surface area contributed by atoms with Crippen molar-refractivity contribution in [2.24, 2.45) is 4.99 Å². The van der Waals surface area contributed by atoms with Crippen LogP contribution in [0.1, 0.15) is 11.1 Å². The van der Waals surface area contributed by atoms with Gasteiger partial charge in [0.1, 0.15) is 5.04 Å². The molecule has 1 aromatic carbocycles. The van der Waals surface area contributed by atoms with E-state index in [0.717, 1.165) is 22.9 Å². The van der Waals surface area contributed by atoms with E-state index in [2.05, 4.69) is 4.99 Å². The lowest BCUT2D eigenvalue weighted by molar-refractivity contribution is -0.130. The van der Waals surface area contributed by atoms with Crippen molar-refractivity contribution >= 4 is 27.8 Å². The zero-order valence-electron chi connectivity index (χ0n) is 7.48. The van der Waals surface area contributed by atoms with Crippen LogP contribution in [0.15, 0.2) is 29.3 Å². The topological polar surface area (TPSA) is 46.5 Å². The van der Waals surface area contributed by atoms with Gasteiger partial charge in [-0.2, -0.15) is 4.99 Å². The average molecular weight is 205 g/mol. The molecule has 4 heteroatoms. The highest BCUT2D eigenvalue weighted by Gasteiger charge is 2.26. The summed E-state index contributed by atoms with van der Waals surface area (Å²) >= 11 is 0.897. The summed E-state index contributed by atoms with van der Waals surface area (Å²) in [5.74, 6) is -0.661. The number of hydrogen-bond acceptors (Lipinski definition) is 3. The molecule has 0 aromatic heterocycles. The molecule has 1 aliphatic rings. The first-order chi connectivity index (χ1) is 6.66. The Balaban J connectivity index is 2.38. The van der Waals surface area contributed by atoms with Crippen molar-refractivity contribution in [1.29, 1.82) is 0 Å². The Morgan fingerprint density at radius 2 is 2.07 bits per heavy atom. The van der Waals surface area contributed by atoms with Crippen LogP contribution in [0.25, 0.3) is 0 Å². The molecular weight excluding hydrogens is 198 g/mol. The Kier molecular flexibility index (Phi) is 2.21. The van der Waals surface area contributed by atoms with E-state index < -0.39 is 11.0 Å². The van der Waals surface area contributed by atoms with Crippen molar-refractivity contribution in [2.75, 3.05) is 0 Å². The summed E-state index contributed by atoms with van der Waals surface area (Å²) in [4.78, 5) is 25.5. The SMILES string of the molecule is Cc1cccc(C2=NC(=O)C(=O)S2)c1. The van der Waals surface area contributed by atoms with Gasteiger partial charge in [0.05, 0.1) is 0 Å². The van der Waals surface area contributed by atoms with E-state index in [1.807, 2.05) is 31.2 Å². The molecule has 1 aromatic rings. The molecule has 0 fully saturated rings. The smallest absolute Gasteiger partial charge is 0.275 e. The number of amides is 1. The van der Waals surface area contributed by atoms with Gasteiger partial charge in [-0.25, -0.2) is 0 Å². The fraction of sp³-hybridized carbons (Fsp3) is 0.100. The number of carbonyl (C=O) groups excluding carboxylic acids is 2. The summed E-state index contributed by atoms with van der Waals surface area (Å²) in [5.41, 5.74) is 1.91. The Morgan fingerprint density at radius 3 is 2.64 bits per heavy atom. The molecule has 70 valence electrons. The van der Waals surface area contributed by atoms with Gasteiger partial charge in [0.2, 0.25) is 0 Å². The summed E-state index contributed by atoms with van der Waals surface area (Å²) < 4.78 is 0. The predicted molar refractivity (Wildman–Crippen MR) is 55.3 cm³/mol. The molecule has 1 aliphatic heterocycles. The summed E-state index contributed by atoms with van der Waals surface area (Å²) in [6, 6.07) is 7.57. The second-order valence-electron chi connectivity index (χ2n) is 2.98. The number of aryl methyl sites for hydroxylation is 1. The Bertz CT molecular complexity index is 451. The zero-order chi connectivity index (χ0) is 10.1. The molecule has 0 bridgehead atoms. The zero-order valence-corrected chi connectivity index (χ0v) is 8.30. The number of hydrogen-bond donors (Lipinski definition) is 0. The fourth-order valence-corrected chi connectivity index (χ4v) is 1.88. The molecule has 0 saturated carbocycles. The van der Waals surface area contributed by atoms with Gasteiger partial charge in [-0.05, 0) is 24.8 Å². The van der Waals surface area contributed by atoms with E-state index in [1.165, 1.54) is 0 Å². The number of carbonyl (C=O) groups is 2. The minimum atomic E-state index is -0.661. The Hall–Kier alpha value is -1.42. The van der Waals surface area contributed by atoms with Crippen LogP contribution in [-0.4, -0.2) is 16.1 Å². The van der Waals surface area contributed by atoms with Crippen LogP contribution in [0.4, 0.5) is 0 Å². The molecule has 0 atom stereocenters. The molecule has 2 rings (SSSR count). The van der Waals surface area contributed by atoms with Crippen LogP contribution in [0.5, 0.6) is 0 Å². The van der Waals surface area contributed by atoms with Gasteiger partial charge in [-0.3, -0.25) is 9.59 Å². The van der Waals surface area contributed by atoms with Crippen molar-refractivity contribution < 1.29 is 9.59 Å². The summed E-state index contributed by atoms with van der Waals surface area (Å²) in [6.45, 7) is 1.95. The number of rotatable bonds is 1. The first-order valence-electron chi connectivity index (χ1n) is 4.09. The quantitative estimate of drug-likeness (QED) is 0.653. The van der Waals surface area contributed by atoms with Crippen LogP contribution in [0.3, 0.4) is 0 Å². The van der Waals surface area contributed by atoms with Crippen LogP contribution >= 0.6 is 11.8 Å². The lowest BCUT2D eigenvalue weighted by Crippen LogP contribution is -1.98. The molecule has 0 saturated heterocycles. The molecule has 1 heterocycles. The van der Waals surface area contributed by atoms with Gasteiger partial charge >= 0.3 is 5.91 Å². The lowest BCUT2D eigenvalue weighted by atomic mass is 10.1. The van der Waals surface area contributed by atoms with Gasteiger partial charge in [-0.1, -0.05) is 23.8 Å². The number of benzene rings is 1. The van der Waals surface area contributed by atoms with Gasteiger partial charge in [0.15, 0.2) is 0 Å². The van der Waals surface area contributed by atoms with Crippen LogP contribution in [-0.2, 0) is 9.59 Å². The average Bonchev–Trinajstić information content (AvgIpc) is 2.47. The normalized spacial score (nSPS) is 15.9. The van der Waals surface area contributed by atoms with E-state index in [-0.39, 0.29) is 0 Å². The van der Waals surface area contributed by atoms with Crippen LogP contribution in [0, 0.1) is 6.92 Å². The minimum absolute atomic E-state index is 0.499. The standard InChI is InChI=1S/C10H7NO2S/c1-6-3-2-4-7(5-6)9-11-8(12)10(13)14-9/h2-5H,1H3. The highest BCUT2D eigenvalue weighted by Crippen LogP contribution is 2.21. The lowest BCUT2D eigenvalue weighted by Gasteiger charge is -1.98. The molecule has 14 heavy (non-hydrogen) atoms. The summed E-state index contributed by atoms with van der Waals surface area (Å²) in [5, 5.41) is 0.00482. The maximum Gasteiger partial charge on any atom is 0.325 e. The van der Waals surface area contributed by atoms with E-state index in [0.29, 0.717) is 5.04 Å².